The smallest absolute Gasteiger partial charge is 0.254 e. The second kappa shape index (κ2) is 5.19. The molecule has 3 nitrogen and oxygen atoms in total. The summed E-state index contributed by atoms with van der Waals surface area (Å²) >= 11 is 0. The topological polar surface area (TPSA) is 46.3 Å². The molecular formula is C15H21FN2O. The molecule has 1 heterocycles. The highest BCUT2D eigenvalue weighted by atomic mass is 19.1. The first-order chi connectivity index (χ1) is 8.91. The summed E-state index contributed by atoms with van der Waals surface area (Å²) in [5.41, 5.74) is 6.83. The van der Waals surface area contributed by atoms with Crippen LogP contribution in [0.2, 0.25) is 0 Å². The van der Waals surface area contributed by atoms with Crippen molar-refractivity contribution in [1.82, 2.24) is 4.90 Å². The molecule has 0 aromatic heterocycles. The SMILES string of the molecule is Cc1c(N)cc(C(=O)N2[C@H](C)CCC[C@@H]2C)cc1F. The Morgan fingerprint density at radius 3 is 2.42 bits per heavy atom. The van der Waals surface area contributed by atoms with E-state index < -0.39 is 5.82 Å². The van der Waals surface area contributed by atoms with E-state index in [9.17, 15) is 9.18 Å². The number of hydrogen-bond donors (Lipinski definition) is 1. The van der Waals surface area contributed by atoms with E-state index in [2.05, 4.69) is 0 Å². The van der Waals surface area contributed by atoms with Crippen LogP contribution in [0.25, 0.3) is 0 Å². The Hall–Kier alpha value is -1.58. The number of amides is 1. The number of rotatable bonds is 1. The number of carbonyl (C=O) groups is 1. The van der Waals surface area contributed by atoms with E-state index in [4.69, 9.17) is 5.73 Å². The van der Waals surface area contributed by atoms with E-state index in [0.717, 1.165) is 19.3 Å². The van der Waals surface area contributed by atoms with Crippen molar-refractivity contribution in [1.29, 1.82) is 0 Å². The zero-order valence-electron chi connectivity index (χ0n) is 11.7. The van der Waals surface area contributed by atoms with Crippen LogP contribution in [0.15, 0.2) is 12.1 Å². The molecule has 1 aromatic rings. The molecule has 1 aliphatic heterocycles. The van der Waals surface area contributed by atoms with E-state index in [1.54, 1.807) is 13.0 Å². The second-order valence-electron chi connectivity index (χ2n) is 5.51. The Labute approximate surface area is 113 Å². The number of piperidine rings is 1. The first-order valence-electron chi connectivity index (χ1n) is 6.80. The fraction of sp³-hybridized carbons (Fsp3) is 0.533. The fourth-order valence-electron chi connectivity index (χ4n) is 2.79. The molecule has 1 fully saturated rings. The van der Waals surface area contributed by atoms with Gasteiger partial charge in [0.1, 0.15) is 5.82 Å². The van der Waals surface area contributed by atoms with Gasteiger partial charge in [-0.25, -0.2) is 4.39 Å². The van der Waals surface area contributed by atoms with Gasteiger partial charge < -0.3 is 10.6 Å². The fourth-order valence-corrected chi connectivity index (χ4v) is 2.79. The summed E-state index contributed by atoms with van der Waals surface area (Å²) in [7, 11) is 0. The summed E-state index contributed by atoms with van der Waals surface area (Å²) in [6.45, 7) is 5.70. The van der Waals surface area contributed by atoms with Crippen molar-refractivity contribution in [3.8, 4) is 0 Å². The average Bonchev–Trinajstić information content (AvgIpc) is 2.35. The Bertz CT molecular complexity index is 468. The number of halogens is 1. The molecule has 1 aromatic carbocycles. The first-order valence-corrected chi connectivity index (χ1v) is 6.80. The molecule has 0 unspecified atom stereocenters. The van der Waals surface area contributed by atoms with Gasteiger partial charge >= 0.3 is 0 Å². The standard InChI is InChI=1S/C15H21FN2O/c1-9-5-4-6-10(2)18(9)15(19)12-7-13(16)11(3)14(17)8-12/h7-10H,4-6,17H2,1-3H3/t9-,10+. The molecule has 19 heavy (non-hydrogen) atoms. The maximum absolute atomic E-state index is 13.7. The van der Waals surface area contributed by atoms with Crippen LogP contribution in [0.4, 0.5) is 10.1 Å². The van der Waals surface area contributed by atoms with Crippen LogP contribution in [-0.4, -0.2) is 22.9 Å². The van der Waals surface area contributed by atoms with Gasteiger partial charge in [-0.05, 0) is 52.2 Å². The van der Waals surface area contributed by atoms with Crippen LogP contribution in [0.1, 0.15) is 49.0 Å². The Morgan fingerprint density at radius 2 is 1.89 bits per heavy atom. The van der Waals surface area contributed by atoms with Crippen molar-refractivity contribution in [2.75, 3.05) is 5.73 Å². The molecule has 1 amide bonds. The molecule has 1 aliphatic rings. The number of hydrogen-bond acceptors (Lipinski definition) is 2. The lowest BCUT2D eigenvalue weighted by atomic mass is 9.96. The van der Waals surface area contributed by atoms with Crippen molar-refractivity contribution in [2.24, 2.45) is 0 Å². The largest absolute Gasteiger partial charge is 0.398 e. The normalized spacial score (nSPS) is 23.5. The quantitative estimate of drug-likeness (QED) is 0.792. The van der Waals surface area contributed by atoms with Gasteiger partial charge in [0.2, 0.25) is 0 Å². The summed E-state index contributed by atoms with van der Waals surface area (Å²) < 4.78 is 13.7. The minimum atomic E-state index is -0.416. The molecule has 0 aliphatic carbocycles. The third kappa shape index (κ3) is 2.57. The van der Waals surface area contributed by atoms with Crippen molar-refractivity contribution in [3.05, 3.63) is 29.1 Å². The first kappa shape index (κ1) is 13.8. The molecule has 0 spiro atoms. The van der Waals surface area contributed by atoms with E-state index in [1.807, 2.05) is 18.7 Å². The molecule has 0 bridgehead atoms. The summed E-state index contributed by atoms with van der Waals surface area (Å²) in [4.78, 5) is 14.4. The van der Waals surface area contributed by atoms with Gasteiger partial charge in [0.05, 0.1) is 0 Å². The third-order valence-corrected chi connectivity index (χ3v) is 4.06. The molecule has 2 atom stereocenters. The number of benzene rings is 1. The zero-order chi connectivity index (χ0) is 14.2. The molecule has 2 rings (SSSR count). The lowest BCUT2D eigenvalue weighted by Crippen LogP contribution is -2.47. The molecular weight excluding hydrogens is 243 g/mol. The van der Waals surface area contributed by atoms with Gasteiger partial charge in [0.25, 0.3) is 5.91 Å². The molecule has 1 saturated heterocycles. The summed E-state index contributed by atoms with van der Waals surface area (Å²) in [5.74, 6) is -0.536. The van der Waals surface area contributed by atoms with Crippen molar-refractivity contribution >= 4 is 11.6 Å². The minimum Gasteiger partial charge on any atom is -0.398 e. The molecule has 4 heteroatoms. The highest BCUT2D eigenvalue weighted by molar-refractivity contribution is 5.95. The van der Waals surface area contributed by atoms with Gasteiger partial charge in [-0.3, -0.25) is 4.79 Å². The van der Waals surface area contributed by atoms with Crippen LogP contribution in [0.5, 0.6) is 0 Å². The van der Waals surface area contributed by atoms with Crippen molar-refractivity contribution in [2.45, 2.75) is 52.1 Å². The predicted octanol–water partition coefficient (Wildman–Crippen LogP) is 3.12. The Morgan fingerprint density at radius 1 is 1.32 bits per heavy atom. The highest BCUT2D eigenvalue weighted by Gasteiger charge is 2.30. The average molecular weight is 264 g/mol. The van der Waals surface area contributed by atoms with Gasteiger partial charge in [-0.2, -0.15) is 0 Å². The molecule has 0 saturated carbocycles. The van der Waals surface area contributed by atoms with Crippen LogP contribution >= 0.6 is 0 Å². The van der Waals surface area contributed by atoms with E-state index >= 15 is 0 Å². The van der Waals surface area contributed by atoms with E-state index in [-0.39, 0.29) is 18.0 Å². The van der Waals surface area contributed by atoms with Crippen LogP contribution in [0, 0.1) is 12.7 Å². The van der Waals surface area contributed by atoms with Gasteiger partial charge in [-0.15, -0.1) is 0 Å². The number of likely N-dealkylation sites (tertiary alicyclic amines) is 1. The monoisotopic (exact) mass is 264 g/mol. The number of nitrogens with two attached hydrogens (primary N) is 1. The summed E-state index contributed by atoms with van der Waals surface area (Å²) in [5, 5.41) is 0. The van der Waals surface area contributed by atoms with Crippen LogP contribution in [0.3, 0.4) is 0 Å². The maximum atomic E-state index is 13.7. The second-order valence-corrected chi connectivity index (χ2v) is 5.51. The molecule has 104 valence electrons. The summed E-state index contributed by atoms with van der Waals surface area (Å²) in [6, 6.07) is 3.26. The van der Waals surface area contributed by atoms with Gasteiger partial charge in [0, 0.05) is 28.9 Å². The number of nitrogens with zero attached hydrogens (tertiary/aromatic N) is 1. The van der Waals surface area contributed by atoms with Crippen LogP contribution < -0.4 is 5.73 Å². The lowest BCUT2D eigenvalue weighted by molar-refractivity contribution is 0.0510. The number of anilines is 1. The minimum absolute atomic E-state index is 0.120. The number of nitrogen functional groups attached to an aromatic ring is 1. The maximum Gasteiger partial charge on any atom is 0.254 e. The van der Waals surface area contributed by atoms with Gasteiger partial charge in [-0.1, -0.05) is 0 Å². The lowest BCUT2D eigenvalue weighted by Gasteiger charge is -2.39. The third-order valence-electron chi connectivity index (χ3n) is 4.06. The molecule has 2 N–H and O–H groups in total. The van der Waals surface area contributed by atoms with E-state index in [0.29, 0.717) is 16.8 Å². The van der Waals surface area contributed by atoms with Crippen molar-refractivity contribution < 1.29 is 9.18 Å². The van der Waals surface area contributed by atoms with E-state index in [1.165, 1.54) is 6.07 Å². The van der Waals surface area contributed by atoms with Crippen LogP contribution in [-0.2, 0) is 0 Å². The highest BCUT2D eigenvalue weighted by Crippen LogP contribution is 2.26. The number of carbonyl (C=O) groups excluding carboxylic acids is 1. The van der Waals surface area contributed by atoms with Gasteiger partial charge in [0.15, 0.2) is 0 Å². The zero-order valence-corrected chi connectivity index (χ0v) is 11.7. The summed E-state index contributed by atoms with van der Waals surface area (Å²) in [6.07, 6.45) is 3.14. The van der Waals surface area contributed by atoms with Crippen molar-refractivity contribution in [3.63, 3.8) is 0 Å². The Balaban J connectivity index is 2.33. The predicted molar refractivity (Wildman–Crippen MR) is 74.5 cm³/mol. The Kier molecular flexibility index (Phi) is 3.78. The molecule has 0 radical (unpaired) electrons.